The first-order valence-electron chi connectivity index (χ1n) is 6.30. The molecule has 1 aliphatic heterocycles. The highest BCUT2D eigenvalue weighted by molar-refractivity contribution is 5.85. The van der Waals surface area contributed by atoms with Crippen molar-refractivity contribution < 1.29 is 9.84 Å². The molecule has 3 nitrogen and oxygen atoms in total. The molecule has 1 aliphatic rings. The number of rotatable bonds is 2. The van der Waals surface area contributed by atoms with Crippen LogP contribution in [0, 0.1) is 0 Å². The molecule has 2 atom stereocenters. The van der Waals surface area contributed by atoms with Crippen LogP contribution in [0.15, 0.2) is 60.8 Å². The second kappa shape index (κ2) is 3.70. The normalized spacial score (nSPS) is 25.6. The quantitative estimate of drug-likeness (QED) is 0.688. The van der Waals surface area contributed by atoms with Crippen molar-refractivity contribution in [1.82, 2.24) is 4.98 Å². The second-order valence-corrected chi connectivity index (χ2v) is 4.82. The van der Waals surface area contributed by atoms with E-state index in [9.17, 15) is 5.11 Å². The Bertz CT molecular complexity index is 735. The van der Waals surface area contributed by atoms with Gasteiger partial charge in [-0.15, -0.1) is 0 Å². The van der Waals surface area contributed by atoms with Crippen molar-refractivity contribution in [3.05, 3.63) is 71.9 Å². The van der Waals surface area contributed by atoms with Gasteiger partial charge in [0.1, 0.15) is 0 Å². The third kappa shape index (κ3) is 1.40. The first-order valence-corrected chi connectivity index (χ1v) is 6.30. The summed E-state index contributed by atoms with van der Waals surface area (Å²) in [4.78, 5) is 3.23. The van der Waals surface area contributed by atoms with Crippen LogP contribution in [0.1, 0.15) is 11.1 Å². The number of benzene rings is 2. The molecule has 0 spiro atoms. The Morgan fingerprint density at radius 1 is 1.00 bits per heavy atom. The molecule has 1 aromatic heterocycles. The fourth-order valence-corrected chi connectivity index (χ4v) is 2.77. The van der Waals surface area contributed by atoms with E-state index in [1.165, 1.54) is 0 Å². The highest BCUT2D eigenvalue weighted by Gasteiger charge is 2.59. The lowest BCUT2D eigenvalue weighted by atomic mass is 9.90. The van der Waals surface area contributed by atoms with Gasteiger partial charge in [-0.3, -0.25) is 0 Å². The van der Waals surface area contributed by atoms with E-state index in [-0.39, 0.29) is 0 Å². The summed E-state index contributed by atoms with van der Waals surface area (Å²) < 4.78 is 5.58. The van der Waals surface area contributed by atoms with Crippen molar-refractivity contribution in [2.24, 2.45) is 0 Å². The molecule has 0 bridgehead atoms. The van der Waals surface area contributed by atoms with E-state index < -0.39 is 11.9 Å². The minimum absolute atomic E-state index is 0.721. The molecule has 1 fully saturated rings. The molecule has 3 aromatic rings. The maximum absolute atomic E-state index is 10.0. The van der Waals surface area contributed by atoms with Gasteiger partial charge in [0.2, 0.25) is 0 Å². The lowest BCUT2D eigenvalue weighted by molar-refractivity contribution is 0.155. The Labute approximate surface area is 110 Å². The maximum Gasteiger partial charge on any atom is 0.194 e. The number of hydrogen-bond acceptors (Lipinski definition) is 2. The average Bonchev–Trinajstić information content (AvgIpc) is 2.97. The van der Waals surface area contributed by atoms with Crippen LogP contribution in [-0.2, 0) is 10.3 Å². The molecule has 0 saturated carbocycles. The predicted molar refractivity (Wildman–Crippen MR) is 72.6 cm³/mol. The number of epoxide rings is 1. The van der Waals surface area contributed by atoms with Crippen molar-refractivity contribution in [1.29, 1.82) is 0 Å². The number of aliphatic hydroxyl groups is 1. The molecule has 3 heteroatoms. The first kappa shape index (κ1) is 10.8. The molecule has 2 aromatic carbocycles. The SMILES string of the molecule is OC1OC1(c1ccccc1)c1c[nH]c2ccccc12. The minimum atomic E-state index is -0.783. The number of H-pyrrole nitrogens is 1. The van der Waals surface area contributed by atoms with Gasteiger partial charge in [0, 0.05) is 22.7 Å². The van der Waals surface area contributed by atoms with Crippen LogP contribution >= 0.6 is 0 Å². The molecule has 2 N–H and O–H groups in total. The molecular weight excluding hydrogens is 238 g/mol. The number of fused-ring (bicyclic) bond motifs is 1. The topological polar surface area (TPSA) is 48.5 Å². The van der Waals surface area contributed by atoms with E-state index in [4.69, 9.17) is 4.74 Å². The van der Waals surface area contributed by atoms with Crippen molar-refractivity contribution in [3.8, 4) is 0 Å². The lowest BCUT2D eigenvalue weighted by Crippen LogP contribution is -2.14. The molecule has 4 rings (SSSR count). The molecule has 19 heavy (non-hydrogen) atoms. The summed E-state index contributed by atoms with van der Waals surface area (Å²) in [5, 5.41) is 11.1. The van der Waals surface area contributed by atoms with Gasteiger partial charge in [-0.05, 0) is 11.6 Å². The molecule has 0 radical (unpaired) electrons. The number of ether oxygens (including phenoxy) is 1. The van der Waals surface area contributed by atoms with Crippen molar-refractivity contribution in [3.63, 3.8) is 0 Å². The van der Waals surface area contributed by atoms with E-state index in [2.05, 4.69) is 4.98 Å². The van der Waals surface area contributed by atoms with Crippen LogP contribution in [0.2, 0.25) is 0 Å². The Kier molecular flexibility index (Phi) is 2.10. The number of aliphatic hydroxyl groups excluding tert-OH is 1. The Morgan fingerprint density at radius 3 is 2.42 bits per heavy atom. The number of nitrogens with one attached hydrogen (secondary N) is 1. The largest absolute Gasteiger partial charge is 0.365 e. The monoisotopic (exact) mass is 251 g/mol. The maximum atomic E-state index is 10.0. The molecular formula is C16H13NO2. The summed E-state index contributed by atoms with van der Waals surface area (Å²) in [5.74, 6) is 0. The van der Waals surface area contributed by atoms with E-state index in [0.717, 1.165) is 22.0 Å². The van der Waals surface area contributed by atoms with Crippen LogP contribution in [-0.4, -0.2) is 16.4 Å². The summed E-state index contributed by atoms with van der Waals surface area (Å²) in [6.45, 7) is 0. The molecule has 94 valence electrons. The first-order chi connectivity index (χ1) is 9.32. The van der Waals surface area contributed by atoms with Crippen molar-refractivity contribution in [2.75, 3.05) is 0 Å². The fourth-order valence-electron chi connectivity index (χ4n) is 2.77. The van der Waals surface area contributed by atoms with Crippen LogP contribution in [0.3, 0.4) is 0 Å². The highest BCUT2D eigenvalue weighted by atomic mass is 16.7. The van der Waals surface area contributed by atoms with Crippen LogP contribution in [0.4, 0.5) is 0 Å². The second-order valence-electron chi connectivity index (χ2n) is 4.82. The van der Waals surface area contributed by atoms with Crippen LogP contribution in [0.25, 0.3) is 10.9 Å². The van der Waals surface area contributed by atoms with E-state index in [1.54, 1.807) is 0 Å². The number of hydrogen-bond donors (Lipinski definition) is 2. The van der Waals surface area contributed by atoms with Crippen LogP contribution in [0.5, 0.6) is 0 Å². The summed E-state index contributed by atoms with van der Waals surface area (Å²) in [6, 6.07) is 17.9. The van der Waals surface area contributed by atoms with Gasteiger partial charge < -0.3 is 14.8 Å². The Balaban J connectivity index is 1.95. The van der Waals surface area contributed by atoms with Crippen LogP contribution < -0.4 is 0 Å². The molecule has 2 unspecified atom stereocenters. The van der Waals surface area contributed by atoms with Gasteiger partial charge in [-0.2, -0.15) is 0 Å². The standard InChI is InChI=1S/C16H13NO2/c18-15-16(19-15,11-6-2-1-3-7-11)13-10-17-14-9-5-4-8-12(13)14/h1-10,15,17-18H. The van der Waals surface area contributed by atoms with E-state index in [0.29, 0.717) is 0 Å². The zero-order chi connectivity index (χ0) is 12.9. The Morgan fingerprint density at radius 2 is 1.68 bits per heavy atom. The van der Waals surface area contributed by atoms with E-state index in [1.807, 2.05) is 60.8 Å². The molecule has 0 amide bonds. The zero-order valence-corrected chi connectivity index (χ0v) is 10.2. The third-order valence-corrected chi connectivity index (χ3v) is 3.78. The molecule has 2 heterocycles. The third-order valence-electron chi connectivity index (χ3n) is 3.78. The number of para-hydroxylation sites is 1. The number of aromatic amines is 1. The number of aromatic nitrogens is 1. The molecule has 0 aliphatic carbocycles. The van der Waals surface area contributed by atoms with Gasteiger partial charge in [0.25, 0.3) is 0 Å². The van der Waals surface area contributed by atoms with Gasteiger partial charge >= 0.3 is 0 Å². The molecule has 1 saturated heterocycles. The van der Waals surface area contributed by atoms with Crippen molar-refractivity contribution in [2.45, 2.75) is 11.9 Å². The zero-order valence-electron chi connectivity index (χ0n) is 10.2. The van der Waals surface area contributed by atoms with E-state index >= 15 is 0 Å². The predicted octanol–water partition coefficient (Wildman–Crippen LogP) is 2.76. The van der Waals surface area contributed by atoms with Gasteiger partial charge in [-0.1, -0.05) is 48.5 Å². The average molecular weight is 251 g/mol. The van der Waals surface area contributed by atoms with Crippen molar-refractivity contribution >= 4 is 10.9 Å². The lowest BCUT2D eigenvalue weighted by Gasteiger charge is -2.11. The fraction of sp³-hybridized carbons (Fsp3) is 0.125. The smallest absolute Gasteiger partial charge is 0.194 e. The van der Waals surface area contributed by atoms with Gasteiger partial charge in [0.15, 0.2) is 11.9 Å². The highest BCUT2D eigenvalue weighted by Crippen LogP contribution is 2.52. The summed E-state index contributed by atoms with van der Waals surface area (Å²) in [7, 11) is 0. The minimum Gasteiger partial charge on any atom is -0.365 e. The van der Waals surface area contributed by atoms with Gasteiger partial charge in [-0.25, -0.2) is 0 Å². The summed E-state index contributed by atoms with van der Waals surface area (Å²) >= 11 is 0. The summed E-state index contributed by atoms with van der Waals surface area (Å²) in [5.41, 5.74) is 2.30. The summed E-state index contributed by atoms with van der Waals surface area (Å²) in [6.07, 6.45) is 1.14. The Hall–Kier alpha value is -2.10. The van der Waals surface area contributed by atoms with Gasteiger partial charge in [0.05, 0.1) is 0 Å².